The highest BCUT2D eigenvalue weighted by Gasteiger charge is 2.30. The summed E-state index contributed by atoms with van der Waals surface area (Å²) in [6.07, 6.45) is 0.414. The molecule has 0 aliphatic carbocycles. The summed E-state index contributed by atoms with van der Waals surface area (Å²) in [5.41, 5.74) is 2.93. The van der Waals surface area contributed by atoms with Gasteiger partial charge in [0.2, 0.25) is 11.8 Å². The molecule has 8 heteroatoms. The minimum absolute atomic E-state index is 0.106. The Morgan fingerprint density at radius 1 is 0.943 bits per heavy atom. The molecule has 0 radical (unpaired) electrons. The molecule has 0 aromatic heterocycles. The second-order valence-corrected chi connectivity index (χ2v) is 10.7. The van der Waals surface area contributed by atoms with Gasteiger partial charge < -0.3 is 10.2 Å². The van der Waals surface area contributed by atoms with E-state index >= 15 is 0 Å². The van der Waals surface area contributed by atoms with E-state index in [1.807, 2.05) is 67.6 Å². The molecule has 3 rings (SSSR count). The van der Waals surface area contributed by atoms with E-state index in [1.165, 1.54) is 11.8 Å². The average molecular weight is 594 g/mol. The Morgan fingerprint density at radius 2 is 1.63 bits per heavy atom. The van der Waals surface area contributed by atoms with Crippen molar-refractivity contribution < 1.29 is 9.59 Å². The molecule has 1 atom stereocenters. The quantitative estimate of drug-likeness (QED) is 0.267. The Labute approximate surface area is 229 Å². The number of carbonyl (C=O) groups excluding carboxylic acids is 2. The van der Waals surface area contributed by atoms with Crippen molar-refractivity contribution >= 4 is 62.7 Å². The van der Waals surface area contributed by atoms with Crippen LogP contribution in [-0.2, 0) is 28.3 Å². The van der Waals surface area contributed by atoms with Crippen LogP contribution in [0.3, 0.4) is 0 Å². The minimum atomic E-state index is -0.660. The number of thioether (sulfide) groups is 1. The fourth-order valence-electron chi connectivity index (χ4n) is 3.60. The fourth-order valence-corrected chi connectivity index (χ4v) is 5.06. The van der Waals surface area contributed by atoms with E-state index in [2.05, 4.69) is 21.2 Å². The summed E-state index contributed by atoms with van der Waals surface area (Å²) in [6.45, 7) is 2.61. The lowest BCUT2D eigenvalue weighted by Gasteiger charge is -2.31. The van der Waals surface area contributed by atoms with Crippen LogP contribution in [0, 0.1) is 0 Å². The molecule has 0 aliphatic heterocycles. The van der Waals surface area contributed by atoms with Crippen LogP contribution in [0.4, 0.5) is 0 Å². The number of nitrogens with one attached hydrogen (secondary N) is 1. The Hall–Kier alpha value is -1.99. The van der Waals surface area contributed by atoms with Crippen molar-refractivity contribution in [3.63, 3.8) is 0 Å². The number of carbonyl (C=O) groups is 2. The molecule has 0 saturated carbocycles. The smallest absolute Gasteiger partial charge is 0.243 e. The highest BCUT2D eigenvalue weighted by molar-refractivity contribution is 9.10. The molecule has 2 amide bonds. The highest BCUT2D eigenvalue weighted by atomic mass is 79.9. The zero-order valence-corrected chi connectivity index (χ0v) is 23.3. The predicted molar refractivity (Wildman–Crippen MR) is 150 cm³/mol. The van der Waals surface area contributed by atoms with Crippen molar-refractivity contribution in [2.24, 2.45) is 0 Å². The molecule has 4 nitrogen and oxygen atoms in total. The summed E-state index contributed by atoms with van der Waals surface area (Å²) < 4.78 is 1.01. The van der Waals surface area contributed by atoms with Gasteiger partial charge in [0, 0.05) is 29.7 Å². The molecule has 0 bridgehead atoms. The number of hydrogen-bond donors (Lipinski definition) is 1. The summed E-state index contributed by atoms with van der Waals surface area (Å²) in [5, 5.41) is 3.77. The highest BCUT2D eigenvalue weighted by Crippen LogP contribution is 2.25. The molecular formula is C27H27BrCl2N2O2S. The second-order valence-electron chi connectivity index (χ2n) is 7.99. The van der Waals surface area contributed by atoms with Gasteiger partial charge in [-0.25, -0.2) is 0 Å². The largest absolute Gasteiger partial charge is 0.355 e. The monoisotopic (exact) mass is 592 g/mol. The van der Waals surface area contributed by atoms with Crippen molar-refractivity contribution in [1.82, 2.24) is 10.2 Å². The third-order valence-corrected chi connectivity index (χ3v) is 7.62. The van der Waals surface area contributed by atoms with E-state index in [0.717, 1.165) is 21.2 Å². The number of hydrogen-bond acceptors (Lipinski definition) is 3. The van der Waals surface area contributed by atoms with Crippen LogP contribution in [-0.4, -0.2) is 35.1 Å². The molecule has 0 unspecified atom stereocenters. The van der Waals surface area contributed by atoms with Gasteiger partial charge >= 0.3 is 0 Å². The second kappa shape index (κ2) is 13.9. The molecule has 3 aromatic carbocycles. The zero-order valence-electron chi connectivity index (χ0n) is 19.3. The van der Waals surface area contributed by atoms with E-state index in [4.69, 9.17) is 23.2 Å². The van der Waals surface area contributed by atoms with Crippen LogP contribution in [0.1, 0.15) is 23.6 Å². The first-order valence-corrected chi connectivity index (χ1v) is 13.9. The Balaban J connectivity index is 1.84. The van der Waals surface area contributed by atoms with Gasteiger partial charge in [-0.1, -0.05) is 87.7 Å². The predicted octanol–water partition coefficient (Wildman–Crippen LogP) is 6.77. The van der Waals surface area contributed by atoms with Crippen molar-refractivity contribution in [2.45, 2.75) is 31.7 Å². The minimum Gasteiger partial charge on any atom is -0.355 e. The number of nitrogens with zero attached hydrogens (tertiary/aromatic N) is 1. The number of halogens is 3. The van der Waals surface area contributed by atoms with Gasteiger partial charge in [-0.2, -0.15) is 0 Å². The summed E-state index contributed by atoms with van der Waals surface area (Å²) in [7, 11) is 0. The normalized spacial score (nSPS) is 11.7. The van der Waals surface area contributed by atoms with Crippen molar-refractivity contribution in [3.05, 3.63) is 104 Å². The molecule has 0 spiro atoms. The third kappa shape index (κ3) is 8.57. The summed E-state index contributed by atoms with van der Waals surface area (Å²) in [6, 6.07) is 22.4. The van der Waals surface area contributed by atoms with Gasteiger partial charge in [-0.3, -0.25) is 9.59 Å². The van der Waals surface area contributed by atoms with Gasteiger partial charge in [0.1, 0.15) is 6.04 Å². The maximum atomic E-state index is 13.5. The van der Waals surface area contributed by atoms with Gasteiger partial charge in [-0.15, -0.1) is 11.8 Å². The van der Waals surface area contributed by atoms with Crippen molar-refractivity contribution in [1.29, 1.82) is 0 Å². The van der Waals surface area contributed by atoms with Crippen LogP contribution in [0.25, 0.3) is 0 Å². The Bertz CT molecular complexity index is 1130. The van der Waals surface area contributed by atoms with Crippen LogP contribution in [0.5, 0.6) is 0 Å². The summed E-state index contributed by atoms with van der Waals surface area (Å²) in [5.74, 6) is 0.666. The summed E-state index contributed by atoms with van der Waals surface area (Å²) in [4.78, 5) is 28.4. The third-order valence-electron chi connectivity index (χ3n) is 5.37. The number of benzene rings is 3. The van der Waals surface area contributed by atoms with Gasteiger partial charge in [-0.05, 0) is 47.9 Å². The fraction of sp³-hybridized carbons (Fsp3) is 0.259. The SMILES string of the molecule is CCNC(=O)[C@H](Cc1ccccc1)N(Cc1ccc(Cl)c(Cl)c1)C(=O)CSCc1ccc(Br)cc1. The van der Waals surface area contributed by atoms with Gasteiger partial charge in [0.25, 0.3) is 0 Å². The van der Waals surface area contributed by atoms with Crippen LogP contribution >= 0.6 is 50.9 Å². The number of rotatable bonds is 11. The Kier molecular flexibility index (Phi) is 11.0. The molecule has 35 heavy (non-hydrogen) atoms. The zero-order chi connectivity index (χ0) is 25.2. The molecule has 184 valence electrons. The first-order chi connectivity index (χ1) is 16.9. The molecule has 3 aromatic rings. The van der Waals surface area contributed by atoms with E-state index in [-0.39, 0.29) is 24.1 Å². The molecule has 0 heterocycles. The number of likely N-dealkylation sites (N-methyl/N-ethyl adjacent to an activating group) is 1. The molecular weight excluding hydrogens is 567 g/mol. The van der Waals surface area contributed by atoms with E-state index in [1.54, 1.807) is 17.0 Å². The number of amides is 2. The lowest BCUT2D eigenvalue weighted by molar-refractivity contribution is -0.139. The lowest BCUT2D eigenvalue weighted by atomic mass is 10.0. The van der Waals surface area contributed by atoms with Crippen molar-refractivity contribution in [2.75, 3.05) is 12.3 Å². The Morgan fingerprint density at radius 3 is 2.29 bits per heavy atom. The standard InChI is InChI=1S/C27H27BrCl2N2O2S/c1-2-31-27(34)25(15-19-6-4-3-5-7-19)32(16-21-10-13-23(29)24(30)14-21)26(33)18-35-17-20-8-11-22(28)12-9-20/h3-14,25H,2,15-18H2,1H3,(H,31,34)/t25-/m0/s1. The maximum absolute atomic E-state index is 13.5. The molecule has 0 aliphatic rings. The van der Waals surface area contributed by atoms with Crippen LogP contribution < -0.4 is 5.32 Å². The van der Waals surface area contributed by atoms with Crippen LogP contribution in [0.15, 0.2) is 77.3 Å². The summed E-state index contributed by atoms with van der Waals surface area (Å²) >= 11 is 17.3. The first kappa shape index (κ1) is 27.6. The van der Waals surface area contributed by atoms with Crippen LogP contribution in [0.2, 0.25) is 10.0 Å². The molecule has 1 N–H and O–H groups in total. The average Bonchev–Trinajstić information content (AvgIpc) is 2.85. The molecule has 0 saturated heterocycles. The van der Waals surface area contributed by atoms with E-state index in [0.29, 0.717) is 28.8 Å². The van der Waals surface area contributed by atoms with Gasteiger partial charge in [0.15, 0.2) is 0 Å². The topological polar surface area (TPSA) is 49.4 Å². The maximum Gasteiger partial charge on any atom is 0.243 e. The van der Waals surface area contributed by atoms with E-state index in [9.17, 15) is 9.59 Å². The van der Waals surface area contributed by atoms with Gasteiger partial charge in [0.05, 0.1) is 15.8 Å². The first-order valence-electron chi connectivity index (χ1n) is 11.2. The van der Waals surface area contributed by atoms with Crippen molar-refractivity contribution in [3.8, 4) is 0 Å². The lowest BCUT2D eigenvalue weighted by Crippen LogP contribution is -2.51. The van der Waals surface area contributed by atoms with E-state index < -0.39 is 6.04 Å². The molecule has 0 fully saturated rings.